The van der Waals surface area contributed by atoms with Gasteiger partial charge in [-0.1, -0.05) is 41.5 Å². The van der Waals surface area contributed by atoms with Crippen molar-refractivity contribution in [1.82, 2.24) is 16.0 Å². The molecular weight excluding hydrogens is 450 g/mol. The van der Waals surface area contributed by atoms with E-state index in [9.17, 15) is 0 Å². The van der Waals surface area contributed by atoms with Crippen molar-refractivity contribution in [3.63, 3.8) is 0 Å². The molecule has 4 heterocycles. The Morgan fingerprint density at radius 1 is 0.486 bits per heavy atom. The summed E-state index contributed by atoms with van der Waals surface area (Å²) in [4.78, 5) is 0. The van der Waals surface area contributed by atoms with Gasteiger partial charge < -0.3 is 16.0 Å². The molecule has 37 heavy (non-hydrogen) atoms. The van der Waals surface area contributed by atoms with Gasteiger partial charge >= 0.3 is 0 Å². The van der Waals surface area contributed by atoms with Crippen LogP contribution in [0.15, 0.2) is 0 Å². The first-order chi connectivity index (χ1) is 17.7. The Hall–Kier alpha value is -0.120. The summed E-state index contributed by atoms with van der Waals surface area (Å²) >= 11 is 0. The molecule has 0 aromatic rings. The van der Waals surface area contributed by atoms with Crippen molar-refractivity contribution in [3.8, 4) is 0 Å². The highest BCUT2D eigenvalue weighted by Crippen LogP contribution is 2.54. The molecule has 0 radical (unpaired) electrons. The second-order valence-electron chi connectivity index (χ2n) is 15.6. The molecule has 3 nitrogen and oxygen atoms in total. The SMILES string of the molecule is CC(C)C1CC2(CCNCC2)C1.CC(C)C1CC2CCC(C1)N2.CC(C)C1CCC2(CCNCC2)CC1. The summed E-state index contributed by atoms with van der Waals surface area (Å²) in [6.45, 7) is 19.4. The molecule has 0 aromatic carbocycles. The van der Waals surface area contributed by atoms with Crippen molar-refractivity contribution >= 4 is 0 Å². The van der Waals surface area contributed by atoms with E-state index in [0.717, 1.165) is 58.4 Å². The molecule has 0 amide bonds. The zero-order chi connectivity index (χ0) is 26.5. The Bertz CT molecular complexity index is 628. The van der Waals surface area contributed by atoms with E-state index in [2.05, 4.69) is 57.5 Å². The Morgan fingerprint density at radius 3 is 1.35 bits per heavy atom. The van der Waals surface area contributed by atoms with Gasteiger partial charge in [-0.05, 0) is 162 Å². The fourth-order valence-electron chi connectivity index (χ4n) is 8.91. The maximum Gasteiger partial charge on any atom is 0.00729 e. The molecule has 4 aliphatic heterocycles. The van der Waals surface area contributed by atoms with E-state index in [0.29, 0.717) is 0 Å². The summed E-state index contributed by atoms with van der Waals surface area (Å²) < 4.78 is 0. The number of hydrogen-bond donors (Lipinski definition) is 3. The Kier molecular flexibility index (Phi) is 10.9. The van der Waals surface area contributed by atoms with Crippen LogP contribution in [0.3, 0.4) is 0 Å². The third kappa shape index (κ3) is 8.20. The fourth-order valence-corrected chi connectivity index (χ4v) is 8.91. The highest BCUT2D eigenvalue weighted by molar-refractivity contribution is 4.97. The van der Waals surface area contributed by atoms with Crippen molar-refractivity contribution in [2.75, 3.05) is 26.2 Å². The van der Waals surface area contributed by atoms with Crippen molar-refractivity contribution in [2.24, 2.45) is 46.3 Å². The Morgan fingerprint density at radius 2 is 0.919 bits per heavy atom. The van der Waals surface area contributed by atoms with Crippen LogP contribution in [0.25, 0.3) is 0 Å². The minimum Gasteiger partial charge on any atom is -0.317 e. The van der Waals surface area contributed by atoms with Gasteiger partial charge in [-0.25, -0.2) is 0 Å². The van der Waals surface area contributed by atoms with Crippen molar-refractivity contribution in [3.05, 3.63) is 0 Å². The molecule has 2 unspecified atom stereocenters. The van der Waals surface area contributed by atoms with Crippen molar-refractivity contribution in [2.45, 2.75) is 144 Å². The standard InChI is InChI=1S/C13H25N.C11H21N.C10H19N/c1-11(2)12-3-5-13(6-4-12)7-9-14-10-8-13;1-9(2)10-7-11(8-10)3-5-12-6-4-11;1-7(2)8-5-9-3-4-10(6-8)11-9/h11-12,14H,3-10H2,1-2H3;9-10,12H,3-8H2,1-2H3;7-11H,3-6H2,1-2H3. The number of fused-ring (bicyclic) bond motifs is 2. The first-order valence-corrected chi connectivity index (χ1v) is 16.9. The van der Waals surface area contributed by atoms with E-state index in [1.807, 2.05) is 0 Å². The van der Waals surface area contributed by atoms with E-state index in [1.165, 1.54) is 116 Å². The van der Waals surface area contributed by atoms with Gasteiger partial charge in [0.2, 0.25) is 0 Å². The fraction of sp³-hybridized carbons (Fsp3) is 1.00. The van der Waals surface area contributed by atoms with Gasteiger partial charge in [0.1, 0.15) is 0 Å². The van der Waals surface area contributed by atoms with Crippen molar-refractivity contribution < 1.29 is 0 Å². The average molecular weight is 516 g/mol. The maximum atomic E-state index is 3.68. The van der Waals surface area contributed by atoms with E-state index >= 15 is 0 Å². The van der Waals surface area contributed by atoms with Crippen LogP contribution in [0.2, 0.25) is 0 Å². The summed E-state index contributed by atoms with van der Waals surface area (Å²) in [6, 6.07) is 1.75. The predicted molar refractivity (Wildman–Crippen MR) is 161 cm³/mol. The third-order valence-electron chi connectivity index (χ3n) is 12.1. The highest BCUT2D eigenvalue weighted by Gasteiger charge is 2.45. The second kappa shape index (κ2) is 13.5. The molecule has 6 rings (SSSR count). The molecule has 3 N–H and O–H groups in total. The molecule has 6 fully saturated rings. The minimum absolute atomic E-state index is 0.761. The molecule has 216 valence electrons. The summed E-state index contributed by atoms with van der Waals surface area (Å²) in [5.74, 6) is 5.81. The van der Waals surface area contributed by atoms with Crippen LogP contribution in [-0.4, -0.2) is 38.3 Å². The van der Waals surface area contributed by atoms with Crippen LogP contribution >= 0.6 is 0 Å². The third-order valence-corrected chi connectivity index (χ3v) is 12.1. The monoisotopic (exact) mass is 516 g/mol. The molecule has 2 aliphatic carbocycles. The average Bonchev–Trinajstić information content (AvgIpc) is 3.21. The quantitative estimate of drug-likeness (QED) is 0.359. The molecule has 3 heteroatoms. The van der Waals surface area contributed by atoms with Gasteiger partial charge in [0.15, 0.2) is 0 Å². The van der Waals surface area contributed by atoms with Crippen LogP contribution in [0.4, 0.5) is 0 Å². The zero-order valence-corrected chi connectivity index (χ0v) is 25.8. The molecule has 2 bridgehead atoms. The number of piperidine rings is 3. The first kappa shape index (κ1) is 29.9. The Balaban J connectivity index is 0.000000131. The van der Waals surface area contributed by atoms with Crippen LogP contribution in [0, 0.1) is 46.3 Å². The number of nitrogens with one attached hydrogen (secondary N) is 3. The minimum atomic E-state index is 0.761. The molecule has 0 aromatic heterocycles. The number of rotatable bonds is 3. The summed E-state index contributed by atoms with van der Waals surface area (Å²) in [5, 5.41) is 10.6. The molecule has 6 aliphatic rings. The Labute approximate surface area is 231 Å². The van der Waals surface area contributed by atoms with Crippen LogP contribution in [0.5, 0.6) is 0 Å². The molecule has 2 saturated carbocycles. The van der Waals surface area contributed by atoms with Gasteiger partial charge in [-0.3, -0.25) is 0 Å². The first-order valence-electron chi connectivity index (χ1n) is 16.9. The van der Waals surface area contributed by atoms with Gasteiger partial charge in [0.05, 0.1) is 0 Å². The van der Waals surface area contributed by atoms with Gasteiger partial charge in [0.25, 0.3) is 0 Å². The van der Waals surface area contributed by atoms with Gasteiger partial charge in [-0.2, -0.15) is 0 Å². The molecule has 2 spiro atoms. The second-order valence-corrected chi connectivity index (χ2v) is 15.6. The van der Waals surface area contributed by atoms with Crippen LogP contribution in [-0.2, 0) is 0 Å². The highest BCUT2D eigenvalue weighted by atomic mass is 15.0. The predicted octanol–water partition coefficient (Wildman–Crippen LogP) is 7.80. The van der Waals surface area contributed by atoms with Crippen molar-refractivity contribution in [1.29, 1.82) is 0 Å². The molecule has 2 atom stereocenters. The largest absolute Gasteiger partial charge is 0.317 e. The topological polar surface area (TPSA) is 36.1 Å². The lowest BCUT2D eigenvalue weighted by Gasteiger charge is -2.52. The van der Waals surface area contributed by atoms with E-state index in [-0.39, 0.29) is 0 Å². The van der Waals surface area contributed by atoms with Gasteiger partial charge in [-0.15, -0.1) is 0 Å². The lowest BCUT2D eigenvalue weighted by molar-refractivity contribution is -0.00191. The lowest BCUT2D eigenvalue weighted by Crippen LogP contribution is -2.46. The molecule has 4 saturated heterocycles. The van der Waals surface area contributed by atoms with Crippen LogP contribution < -0.4 is 16.0 Å². The number of hydrogen-bond acceptors (Lipinski definition) is 3. The smallest absolute Gasteiger partial charge is 0.00729 e. The lowest BCUT2D eigenvalue weighted by atomic mass is 9.55. The van der Waals surface area contributed by atoms with E-state index in [1.54, 1.807) is 0 Å². The summed E-state index contributed by atoms with van der Waals surface area (Å²) in [6.07, 6.45) is 20.6. The summed E-state index contributed by atoms with van der Waals surface area (Å²) in [5.41, 5.74) is 1.55. The maximum absolute atomic E-state index is 3.68. The molecular formula is C34H65N3. The van der Waals surface area contributed by atoms with Gasteiger partial charge in [0, 0.05) is 12.1 Å². The van der Waals surface area contributed by atoms with E-state index in [4.69, 9.17) is 0 Å². The zero-order valence-electron chi connectivity index (χ0n) is 25.8. The summed E-state index contributed by atoms with van der Waals surface area (Å²) in [7, 11) is 0. The van der Waals surface area contributed by atoms with E-state index < -0.39 is 0 Å². The van der Waals surface area contributed by atoms with Crippen LogP contribution in [0.1, 0.15) is 131 Å². The normalized spacial score (nSPS) is 34.6.